The first kappa shape index (κ1) is 27.4. The molecule has 0 aliphatic carbocycles. The van der Waals surface area contributed by atoms with Crippen molar-refractivity contribution in [3.05, 3.63) is 41.0 Å². The normalized spacial score (nSPS) is 21.9. The molecular formula is C27H41ClN8O. The van der Waals surface area contributed by atoms with Gasteiger partial charge in [0.2, 0.25) is 5.95 Å². The molecule has 1 aromatic heterocycles. The van der Waals surface area contributed by atoms with Gasteiger partial charge >= 0.3 is 6.03 Å². The number of nitrogens with one attached hydrogen (secondary N) is 3. The summed E-state index contributed by atoms with van der Waals surface area (Å²) in [5, 5.41) is 9.81. The number of hydrogen-bond acceptors (Lipinski definition) is 7. The van der Waals surface area contributed by atoms with E-state index in [1.165, 1.54) is 0 Å². The summed E-state index contributed by atoms with van der Waals surface area (Å²) in [6.45, 7) is 14.6. The molecule has 0 saturated carbocycles. The van der Waals surface area contributed by atoms with Crippen LogP contribution in [0.25, 0.3) is 0 Å². The Hall–Kier alpha value is -2.62. The van der Waals surface area contributed by atoms with Crippen molar-refractivity contribution < 1.29 is 4.79 Å². The summed E-state index contributed by atoms with van der Waals surface area (Å²) >= 11 is 6.59. The summed E-state index contributed by atoms with van der Waals surface area (Å²) in [7, 11) is 1.82. The Labute approximate surface area is 226 Å². The molecule has 2 saturated heterocycles. The molecule has 37 heavy (non-hydrogen) atoms. The Morgan fingerprint density at radius 1 is 1.16 bits per heavy atom. The number of amides is 2. The van der Waals surface area contributed by atoms with Crippen LogP contribution in [0.3, 0.4) is 0 Å². The average molecular weight is 529 g/mol. The number of anilines is 3. The molecule has 4 rings (SSSR count). The number of hydrogen-bond donors (Lipinski definition) is 3. The summed E-state index contributed by atoms with van der Waals surface area (Å²) in [6, 6.07) is 7.62. The first-order valence-electron chi connectivity index (χ1n) is 13.4. The highest BCUT2D eigenvalue weighted by Crippen LogP contribution is 2.29. The third kappa shape index (κ3) is 7.24. The molecule has 2 amide bonds. The number of urea groups is 1. The Morgan fingerprint density at radius 3 is 2.59 bits per heavy atom. The lowest BCUT2D eigenvalue weighted by Gasteiger charge is -2.40. The van der Waals surface area contributed by atoms with Crippen LogP contribution in [0.5, 0.6) is 0 Å². The predicted octanol–water partition coefficient (Wildman–Crippen LogP) is 3.98. The average Bonchev–Trinajstić information content (AvgIpc) is 2.90. The van der Waals surface area contributed by atoms with E-state index in [-0.39, 0.29) is 12.1 Å². The molecule has 3 heterocycles. The standard InChI is InChI=1S/C27H41ClN8O/c1-5-34-12-14-35(15-13-34)18-21-6-7-22(16-24(21)28)32-27(37)31-20(3)23-9-11-36(17-19(23)2)25-8-10-30-26(29-4)33-25/h6-8,10,16,19-20,23H,5,9,11-15,17-18H2,1-4H3,(H,29,30,33)(H2,31,32,37). The summed E-state index contributed by atoms with van der Waals surface area (Å²) in [6.07, 6.45) is 2.76. The Kier molecular flexibility index (Phi) is 9.45. The number of halogens is 1. The molecule has 0 bridgehead atoms. The fourth-order valence-electron chi connectivity index (χ4n) is 5.50. The number of piperazine rings is 1. The smallest absolute Gasteiger partial charge is 0.319 e. The molecule has 10 heteroatoms. The summed E-state index contributed by atoms with van der Waals surface area (Å²) in [5.41, 5.74) is 1.80. The Morgan fingerprint density at radius 2 is 1.92 bits per heavy atom. The molecule has 2 aliphatic rings. The van der Waals surface area contributed by atoms with Gasteiger partial charge in [-0.25, -0.2) is 9.78 Å². The van der Waals surface area contributed by atoms with Crippen LogP contribution in [0.2, 0.25) is 5.02 Å². The number of likely N-dealkylation sites (N-methyl/N-ethyl adjacent to an activating group) is 1. The fourth-order valence-corrected chi connectivity index (χ4v) is 5.74. The van der Waals surface area contributed by atoms with Crippen molar-refractivity contribution in [2.45, 2.75) is 39.8 Å². The van der Waals surface area contributed by atoms with Crippen molar-refractivity contribution in [1.82, 2.24) is 25.1 Å². The van der Waals surface area contributed by atoms with Crippen LogP contribution in [0.1, 0.15) is 32.8 Å². The van der Waals surface area contributed by atoms with Gasteiger partial charge in [0, 0.05) is 75.8 Å². The number of aromatic nitrogens is 2. The van der Waals surface area contributed by atoms with Crippen molar-refractivity contribution in [3.8, 4) is 0 Å². The maximum atomic E-state index is 12.8. The lowest BCUT2D eigenvalue weighted by atomic mass is 9.82. The zero-order valence-corrected chi connectivity index (χ0v) is 23.3. The first-order valence-corrected chi connectivity index (χ1v) is 13.8. The van der Waals surface area contributed by atoms with Gasteiger partial charge in [-0.1, -0.05) is 31.5 Å². The van der Waals surface area contributed by atoms with Crippen molar-refractivity contribution in [3.63, 3.8) is 0 Å². The molecule has 2 fully saturated rings. The van der Waals surface area contributed by atoms with E-state index >= 15 is 0 Å². The quantitative estimate of drug-likeness (QED) is 0.477. The van der Waals surface area contributed by atoms with Crippen LogP contribution in [-0.4, -0.2) is 84.7 Å². The number of rotatable bonds is 8. The van der Waals surface area contributed by atoms with Gasteiger partial charge in [0.05, 0.1) is 0 Å². The fraction of sp³-hybridized carbons (Fsp3) is 0.593. The van der Waals surface area contributed by atoms with Gasteiger partial charge in [-0.3, -0.25) is 4.90 Å². The molecule has 202 valence electrons. The molecule has 0 spiro atoms. The van der Waals surface area contributed by atoms with E-state index in [9.17, 15) is 4.79 Å². The van der Waals surface area contributed by atoms with Crippen molar-refractivity contribution >= 4 is 35.1 Å². The molecule has 3 N–H and O–H groups in total. The minimum atomic E-state index is -0.198. The van der Waals surface area contributed by atoms with Crippen LogP contribution in [0.15, 0.2) is 30.5 Å². The lowest BCUT2D eigenvalue weighted by Crippen LogP contribution is -2.49. The molecule has 2 aliphatic heterocycles. The molecular weight excluding hydrogens is 488 g/mol. The monoisotopic (exact) mass is 528 g/mol. The number of nitrogens with zero attached hydrogens (tertiary/aromatic N) is 5. The second-order valence-electron chi connectivity index (χ2n) is 10.3. The molecule has 9 nitrogen and oxygen atoms in total. The minimum Gasteiger partial charge on any atom is -0.357 e. The van der Waals surface area contributed by atoms with Crippen LogP contribution in [-0.2, 0) is 6.54 Å². The van der Waals surface area contributed by atoms with Gasteiger partial charge in [-0.05, 0) is 55.5 Å². The van der Waals surface area contributed by atoms with E-state index in [0.717, 1.165) is 70.2 Å². The zero-order chi connectivity index (χ0) is 26.4. The van der Waals surface area contributed by atoms with Crippen molar-refractivity contribution in [1.29, 1.82) is 0 Å². The van der Waals surface area contributed by atoms with Gasteiger partial charge in [-0.2, -0.15) is 4.98 Å². The van der Waals surface area contributed by atoms with Crippen molar-refractivity contribution in [2.24, 2.45) is 11.8 Å². The lowest BCUT2D eigenvalue weighted by molar-refractivity contribution is 0.132. The molecule has 1 aromatic carbocycles. The third-order valence-electron chi connectivity index (χ3n) is 7.78. The Balaban J connectivity index is 1.26. The highest BCUT2D eigenvalue weighted by molar-refractivity contribution is 6.31. The largest absolute Gasteiger partial charge is 0.357 e. The number of benzene rings is 1. The number of carbonyl (C=O) groups is 1. The minimum absolute atomic E-state index is 0.0481. The van der Waals surface area contributed by atoms with Gasteiger partial charge in [0.25, 0.3) is 0 Å². The van der Waals surface area contributed by atoms with Gasteiger partial charge in [0.15, 0.2) is 0 Å². The van der Waals surface area contributed by atoms with Gasteiger partial charge < -0.3 is 25.8 Å². The maximum absolute atomic E-state index is 12.8. The van der Waals surface area contributed by atoms with Gasteiger partial charge in [-0.15, -0.1) is 0 Å². The van der Waals surface area contributed by atoms with Crippen LogP contribution >= 0.6 is 11.6 Å². The SMILES string of the molecule is CCN1CCN(Cc2ccc(NC(=O)NC(C)C3CCN(c4ccnc(NC)n4)CC3C)cc2Cl)CC1. The molecule has 0 radical (unpaired) electrons. The van der Waals surface area contributed by atoms with Crippen LogP contribution in [0.4, 0.5) is 22.2 Å². The van der Waals surface area contributed by atoms with Crippen LogP contribution < -0.4 is 20.9 Å². The predicted molar refractivity (Wildman–Crippen MR) is 152 cm³/mol. The van der Waals surface area contributed by atoms with E-state index in [1.54, 1.807) is 6.20 Å². The molecule has 3 atom stereocenters. The second-order valence-corrected chi connectivity index (χ2v) is 10.7. The molecule has 2 aromatic rings. The summed E-state index contributed by atoms with van der Waals surface area (Å²) < 4.78 is 0. The highest BCUT2D eigenvalue weighted by Gasteiger charge is 2.31. The topological polar surface area (TPSA) is 88.7 Å². The summed E-state index contributed by atoms with van der Waals surface area (Å²) in [4.78, 5) is 28.8. The van der Waals surface area contributed by atoms with E-state index in [1.807, 2.05) is 31.3 Å². The number of carbonyl (C=O) groups excluding carboxylic acids is 1. The Bertz CT molecular complexity index is 1040. The first-order chi connectivity index (χ1) is 17.9. The van der Waals surface area contributed by atoms with E-state index < -0.39 is 0 Å². The van der Waals surface area contributed by atoms with E-state index in [0.29, 0.717) is 28.5 Å². The third-order valence-corrected chi connectivity index (χ3v) is 8.13. The number of piperidine rings is 1. The van der Waals surface area contributed by atoms with Crippen molar-refractivity contribution in [2.75, 3.05) is 68.4 Å². The maximum Gasteiger partial charge on any atom is 0.319 e. The van der Waals surface area contributed by atoms with Gasteiger partial charge in [0.1, 0.15) is 5.82 Å². The summed E-state index contributed by atoms with van der Waals surface area (Å²) in [5.74, 6) is 2.35. The zero-order valence-electron chi connectivity index (χ0n) is 22.5. The second kappa shape index (κ2) is 12.8. The van der Waals surface area contributed by atoms with E-state index in [2.05, 4.69) is 61.4 Å². The van der Waals surface area contributed by atoms with E-state index in [4.69, 9.17) is 11.6 Å². The highest BCUT2D eigenvalue weighted by atomic mass is 35.5. The molecule has 3 unspecified atom stereocenters. The van der Waals surface area contributed by atoms with Crippen LogP contribution in [0, 0.1) is 11.8 Å².